The third-order valence-corrected chi connectivity index (χ3v) is 11.6. The standard InChI is InChI=1S/C54H72O4/c1-15-17-19-21-57-49-39-23-35-27-43(51(3,4)5)29-37(47(35)55)25-41-33-46(54(12,13)14)34-42(50(41)58-22-20-18-16-2)26-38-30-44(52(6,7)8)28-36(48(38)56)24-40(49)32-45(31-39)53(9,10)11/h15-16,27-34,55-56H,1-2,17-26H2,3-14H3. The van der Waals surface area contributed by atoms with Crippen molar-refractivity contribution in [3.63, 3.8) is 0 Å². The quantitative estimate of drug-likeness (QED) is 0.109. The highest BCUT2D eigenvalue weighted by atomic mass is 16.5. The lowest BCUT2D eigenvalue weighted by atomic mass is 9.79. The van der Waals surface area contributed by atoms with Crippen LogP contribution in [0.1, 0.15) is 176 Å². The first kappa shape index (κ1) is 44.7. The maximum atomic E-state index is 12.5. The highest BCUT2D eigenvalue weighted by Crippen LogP contribution is 2.44. The van der Waals surface area contributed by atoms with Gasteiger partial charge in [-0.3, -0.25) is 0 Å². The minimum Gasteiger partial charge on any atom is -0.507 e. The summed E-state index contributed by atoms with van der Waals surface area (Å²) >= 11 is 0. The van der Waals surface area contributed by atoms with Crippen molar-refractivity contribution in [1.82, 2.24) is 0 Å². The van der Waals surface area contributed by atoms with E-state index in [1.165, 1.54) is 22.3 Å². The van der Waals surface area contributed by atoms with E-state index < -0.39 is 0 Å². The molecule has 0 saturated heterocycles. The lowest BCUT2D eigenvalue weighted by Crippen LogP contribution is -2.17. The molecule has 0 aliphatic heterocycles. The molecule has 8 bridgehead atoms. The number of hydrogen-bond acceptors (Lipinski definition) is 4. The molecule has 5 rings (SSSR count). The van der Waals surface area contributed by atoms with E-state index in [1.807, 2.05) is 12.2 Å². The summed E-state index contributed by atoms with van der Waals surface area (Å²) in [6.45, 7) is 35.9. The normalized spacial score (nSPS) is 13.6. The van der Waals surface area contributed by atoms with E-state index in [-0.39, 0.29) is 21.7 Å². The average molecular weight is 785 g/mol. The molecular formula is C54H72O4. The Morgan fingerprint density at radius 2 is 0.655 bits per heavy atom. The predicted octanol–water partition coefficient (Wildman–Crippen LogP) is 13.7. The van der Waals surface area contributed by atoms with Gasteiger partial charge >= 0.3 is 0 Å². The van der Waals surface area contributed by atoms with Gasteiger partial charge < -0.3 is 19.7 Å². The van der Waals surface area contributed by atoms with Gasteiger partial charge in [0.05, 0.1) is 13.2 Å². The molecule has 4 heteroatoms. The van der Waals surface area contributed by atoms with Gasteiger partial charge in [0.1, 0.15) is 23.0 Å². The summed E-state index contributed by atoms with van der Waals surface area (Å²) in [5, 5.41) is 24.9. The fourth-order valence-corrected chi connectivity index (χ4v) is 7.82. The summed E-state index contributed by atoms with van der Waals surface area (Å²) in [5.41, 5.74) is 11.8. The summed E-state index contributed by atoms with van der Waals surface area (Å²) < 4.78 is 13.6. The van der Waals surface area contributed by atoms with Gasteiger partial charge in [0.15, 0.2) is 0 Å². The Bertz CT molecular complexity index is 1870. The Balaban J connectivity index is 1.92. The van der Waals surface area contributed by atoms with Crippen LogP contribution in [0, 0.1) is 0 Å². The molecule has 0 radical (unpaired) electrons. The molecule has 0 saturated carbocycles. The monoisotopic (exact) mass is 785 g/mol. The molecule has 1 aliphatic carbocycles. The molecule has 58 heavy (non-hydrogen) atoms. The molecule has 0 atom stereocenters. The highest BCUT2D eigenvalue weighted by Gasteiger charge is 2.28. The van der Waals surface area contributed by atoms with E-state index in [1.54, 1.807) is 0 Å². The van der Waals surface area contributed by atoms with Crippen LogP contribution in [0.5, 0.6) is 23.0 Å². The van der Waals surface area contributed by atoms with Gasteiger partial charge in [-0.05, 0) is 114 Å². The molecule has 312 valence electrons. The van der Waals surface area contributed by atoms with Crippen molar-refractivity contribution in [3.8, 4) is 23.0 Å². The van der Waals surface area contributed by atoms with Gasteiger partial charge in [-0.25, -0.2) is 0 Å². The number of benzene rings is 4. The Morgan fingerprint density at radius 1 is 0.431 bits per heavy atom. The number of allylic oxidation sites excluding steroid dienone is 2. The second kappa shape index (κ2) is 17.4. The zero-order valence-electron chi connectivity index (χ0n) is 38.0. The number of unbranched alkanes of at least 4 members (excludes halogenated alkanes) is 2. The van der Waals surface area contributed by atoms with E-state index in [0.29, 0.717) is 50.4 Å². The van der Waals surface area contributed by atoms with Crippen molar-refractivity contribution in [3.05, 3.63) is 141 Å². The Labute approximate surface area is 351 Å². The molecular weight excluding hydrogens is 713 g/mol. The molecule has 0 amide bonds. The Hall–Kier alpha value is -4.44. The van der Waals surface area contributed by atoms with Crippen LogP contribution in [-0.2, 0) is 47.3 Å². The fraction of sp³-hybridized carbons (Fsp3) is 0.481. The van der Waals surface area contributed by atoms with Crippen LogP contribution < -0.4 is 9.47 Å². The topological polar surface area (TPSA) is 58.9 Å². The van der Waals surface area contributed by atoms with Crippen LogP contribution in [-0.4, -0.2) is 23.4 Å². The van der Waals surface area contributed by atoms with E-state index in [4.69, 9.17) is 9.47 Å². The lowest BCUT2D eigenvalue weighted by molar-refractivity contribution is 0.306. The van der Waals surface area contributed by atoms with Gasteiger partial charge in [-0.15, -0.1) is 13.2 Å². The van der Waals surface area contributed by atoms with Crippen molar-refractivity contribution in [2.24, 2.45) is 0 Å². The largest absolute Gasteiger partial charge is 0.507 e. The molecule has 0 heterocycles. The number of rotatable bonds is 10. The molecule has 0 aromatic heterocycles. The van der Waals surface area contributed by atoms with Crippen molar-refractivity contribution >= 4 is 0 Å². The number of aromatic hydroxyl groups is 2. The summed E-state index contributed by atoms with van der Waals surface area (Å²) in [5.74, 6) is 2.31. The molecule has 2 N–H and O–H groups in total. The van der Waals surface area contributed by atoms with Crippen LogP contribution in [0.15, 0.2) is 73.8 Å². The second-order valence-corrected chi connectivity index (χ2v) is 20.8. The zero-order chi connectivity index (χ0) is 42.8. The summed E-state index contributed by atoms with van der Waals surface area (Å²) in [4.78, 5) is 0. The van der Waals surface area contributed by atoms with Gasteiger partial charge in [0.25, 0.3) is 0 Å². The third-order valence-electron chi connectivity index (χ3n) is 11.6. The third kappa shape index (κ3) is 10.6. The Kier molecular flexibility index (Phi) is 13.4. The summed E-state index contributed by atoms with van der Waals surface area (Å²) in [6, 6.07) is 17.9. The van der Waals surface area contributed by atoms with Gasteiger partial charge in [-0.1, -0.05) is 144 Å². The number of hydrogen-bond donors (Lipinski definition) is 2. The van der Waals surface area contributed by atoms with Crippen molar-refractivity contribution in [2.45, 2.75) is 156 Å². The van der Waals surface area contributed by atoms with E-state index >= 15 is 0 Å². The summed E-state index contributed by atoms with van der Waals surface area (Å²) in [6.07, 6.45) is 9.26. The fourth-order valence-electron chi connectivity index (χ4n) is 7.82. The molecule has 0 spiro atoms. The van der Waals surface area contributed by atoms with Crippen LogP contribution in [0.2, 0.25) is 0 Å². The van der Waals surface area contributed by atoms with Gasteiger partial charge in [0, 0.05) is 25.7 Å². The van der Waals surface area contributed by atoms with Crippen LogP contribution in [0.4, 0.5) is 0 Å². The van der Waals surface area contributed by atoms with Crippen molar-refractivity contribution < 1.29 is 19.7 Å². The van der Waals surface area contributed by atoms with Crippen molar-refractivity contribution in [1.29, 1.82) is 0 Å². The van der Waals surface area contributed by atoms with E-state index in [2.05, 4.69) is 145 Å². The SMILES string of the molecule is C=CCCCOc1c2cc(C(C)(C)C)cc1Cc1cc(C(C)(C)C)cc(c1O)Cc1cc(C(C)(C)C)cc(c1OCCCC=C)Cc1cc(C(C)(C)C)cc(c1O)C2. The van der Waals surface area contributed by atoms with Gasteiger partial charge in [-0.2, -0.15) is 0 Å². The molecule has 0 fully saturated rings. The first-order chi connectivity index (χ1) is 27.0. The van der Waals surface area contributed by atoms with Crippen LogP contribution >= 0.6 is 0 Å². The summed E-state index contributed by atoms with van der Waals surface area (Å²) in [7, 11) is 0. The van der Waals surface area contributed by atoms with Crippen LogP contribution in [0.25, 0.3) is 0 Å². The number of fused-ring (bicyclic) bond motifs is 8. The Morgan fingerprint density at radius 3 is 0.862 bits per heavy atom. The first-order valence-electron chi connectivity index (χ1n) is 21.5. The number of phenolic OH excluding ortho intramolecular Hbond substituents is 2. The second-order valence-electron chi connectivity index (χ2n) is 20.8. The predicted molar refractivity (Wildman–Crippen MR) is 245 cm³/mol. The van der Waals surface area contributed by atoms with Crippen molar-refractivity contribution in [2.75, 3.05) is 13.2 Å². The van der Waals surface area contributed by atoms with Gasteiger partial charge in [0.2, 0.25) is 0 Å². The zero-order valence-corrected chi connectivity index (χ0v) is 38.0. The lowest BCUT2D eigenvalue weighted by Gasteiger charge is -2.28. The minimum atomic E-state index is -0.159. The van der Waals surface area contributed by atoms with Crippen LogP contribution in [0.3, 0.4) is 0 Å². The highest BCUT2D eigenvalue weighted by molar-refractivity contribution is 5.59. The maximum absolute atomic E-state index is 12.5. The average Bonchev–Trinajstić information content (AvgIpc) is 3.11. The molecule has 4 nitrogen and oxygen atoms in total. The molecule has 4 aromatic rings. The number of phenols is 2. The molecule has 0 unspecified atom stereocenters. The molecule has 1 aliphatic rings. The number of ether oxygens (including phenoxy) is 2. The van der Waals surface area contributed by atoms with E-state index in [0.717, 1.165) is 81.7 Å². The minimum absolute atomic E-state index is 0.151. The smallest absolute Gasteiger partial charge is 0.126 e. The first-order valence-corrected chi connectivity index (χ1v) is 21.5. The molecule has 4 aromatic carbocycles. The van der Waals surface area contributed by atoms with E-state index in [9.17, 15) is 10.2 Å². The maximum Gasteiger partial charge on any atom is 0.126 e.